The lowest BCUT2D eigenvalue weighted by Crippen LogP contribution is -2.09. The number of ether oxygens (including phenoxy) is 1. The second kappa shape index (κ2) is 7.71. The Bertz CT molecular complexity index is 698. The molecule has 2 aromatic rings. The first kappa shape index (κ1) is 16.9. The highest BCUT2D eigenvalue weighted by Gasteiger charge is 2.19. The van der Waals surface area contributed by atoms with Crippen molar-refractivity contribution in [2.24, 2.45) is 10.2 Å². The molecule has 5 nitrogen and oxygen atoms in total. The fraction of sp³-hybridized carbons (Fsp3) is 0.286. The Balaban J connectivity index is 2.39. The van der Waals surface area contributed by atoms with Crippen LogP contribution in [0.25, 0.3) is 0 Å². The van der Waals surface area contributed by atoms with E-state index in [0.29, 0.717) is 38.9 Å². The maximum absolute atomic E-state index is 5.85. The quantitative estimate of drug-likeness (QED) is 0.562. The Morgan fingerprint density at radius 2 is 2.05 bits per heavy atom. The molecule has 0 aliphatic rings. The van der Waals surface area contributed by atoms with Gasteiger partial charge in [0.15, 0.2) is 10.0 Å². The number of thiocarbonyl (C=S) groups is 1. The maximum Gasteiger partial charge on any atom is 0.246 e. The molecular formula is C14H15ClN4OS2. The summed E-state index contributed by atoms with van der Waals surface area (Å²) in [5.41, 5.74) is 1.98. The molecule has 22 heavy (non-hydrogen) atoms. The van der Waals surface area contributed by atoms with Gasteiger partial charge in [0, 0.05) is 5.02 Å². The highest BCUT2D eigenvalue weighted by molar-refractivity contribution is 8.22. The highest BCUT2D eigenvalue weighted by atomic mass is 35.5. The fourth-order valence-corrected chi connectivity index (χ4v) is 2.25. The number of aromatic nitrogens is 2. The monoisotopic (exact) mass is 354 g/mol. The smallest absolute Gasteiger partial charge is 0.246 e. The molecule has 8 heteroatoms. The summed E-state index contributed by atoms with van der Waals surface area (Å²) in [6, 6.07) is 7.11. The molecule has 0 N–H and O–H groups in total. The summed E-state index contributed by atoms with van der Waals surface area (Å²) in [6.07, 6.45) is 1.89. The van der Waals surface area contributed by atoms with Crippen molar-refractivity contribution >= 4 is 51.3 Å². The number of halogens is 1. The van der Waals surface area contributed by atoms with Gasteiger partial charge in [-0.3, -0.25) is 0 Å². The number of hydrogen-bond donors (Lipinski definition) is 0. The van der Waals surface area contributed by atoms with Crippen molar-refractivity contribution in [3.8, 4) is 5.88 Å². The van der Waals surface area contributed by atoms with Gasteiger partial charge in [0.25, 0.3) is 0 Å². The van der Waals surface area contributed by atoms with Gasteiger partial charge < -0.3 is 4.74 Å². The minimum atomic E-state index is 0.492. The molecule has 0 radical (unpaired) electrons. The average molecular weight is 355 g/mol. The van der Waals surface area contributed by atoms with Crippen LogP contribution in [0.4, 0.5) is 11.4 Å². The van der Waals surface area contributed by atoms with E-state index in [-0.39, 0.29) is 0 Å². The van der Waals surface area contributed by atoms with Crippen molar-refractivity contribution in [2.75, 3.05) is 12.9 Å². The van der Waals surface area contributed by atoms with Crippen molar-refractivity contribution in [3.05, 3.63) is 35.0 Å². The number of thioether (sulfide) groups is 1. The van der Waals surface area contributed by atoms with Crippen LogP contribution >= 0.6 is 35.6 Å². The summed E-state index contributed by atoms with van der Waals surface area (Å²) in [7, 11) is 0. The fourth-order valence-electron chi connectivity index (χ4n) is 1.70. The lowest BCUT2D eigenvalue weighted by Gasteiger charge is -2.06. The van der Waals surface area contributed by atoms with E-state index in [9.17, 15) is 0 Å². The van der Waals surface area contributed by atoms with Crippen LogP contribution in [0.5, 0.6) is 5.88 Å². The van der Waals surface area contributed by atoms with Gasteiger partial charge in [0.05, 0.1) is 18.0 Å². The van der Waals surface area contributed by atoms with Crippen LogP contribution in [0.1, 0.15) is 12.6 Å². The Morgan fingerprint density at radius 1 is 1.36 bits per heavy atom. The largest absolute Gasteiger partial charge is 0.476 e. The molecule has 0 aliphatic carbocycles. The summed E-state index contributed by atoms with van der Waals surface area (Å²) in [6.45, 7) is 4.23. The molecule has 0 atom stereocenters. The first-order valence-electron chi connectivity index (χ1n) is 6.54. The van der Waals surface area contributed by atoms with Gasteiger partial charge in [-0.2, -0.15) is 14.9 Å². The molecule has 116 valence electrons. The van der Waals surface area contributed by atoms with E-state index in [2.05, 4.69) is 15.3 Å². The van der Waals surface area contributed by atoms with E-state index in [1.54, 1.807) is 28.9 Å². The number of azo groups is 1. The van der Waals surface area contributed by atoms with Crippen LogP contribution < -0.4 is 4.74 Å². The highest BCUT2D eigenvalue weighted by Crippen LogP contribution is 2.34. The number of benzene rings is 1. The predicted molar refractivity (Wildman–Crippen MR) is 95.3 cm³/mol. The van der Waals surface area contributed by atoms with Gasteiger partial charge in [-0.25, -0.2) is 0 Å². The third-order valence-corrected chi connectivity index (χ3v) is 4.16. The molecule has 0 amide bonds. The van der Waals surface area contributed by atoms with Crippen LogP contribution in [0.2, 0.25) is 5.02 Å². The van der Waals surface area contributed by atoms with E-state index < -0.39 is 0 Å². The van der Waals surface area contributed by atoms with Gasteiger partial charge in [0.1, 0.15) is 0 Å². The molecule has 0 bridgehead atoms. The molecular weight excluding hydrogens is 340 g/mol. The van der Waals surface area contributed by atoms with Crippen LogP contribution in [0, 0.1) is 6.92 Å². The zero-order chi connectivity index (χ0) is 16.1. The van der Waals surface area contributed by atoms with E-state index in [1.165, 1.54) is 11.8 Å². The average Bonchev–Trinajstić information content (AvgIpc) is 2.83. The lowest BCUT2D eigenvalue weighted by atomic mass is 10.3. The molecule has 0 spiro atoms. The summed E-state index contributed by atoms with van der Waals surface area (Å²) in [4.78, 5) is 0. The standard InChI is InChI=1S/C14H15ClN4OS2/c1-4-20-13-12(9(2)18-19(13)14(21)22-3)17-16-11-7-5-10(15)6-8-11/h5-8H,4H2,1-3H3. The van der Waals surface area contributed by atoms with Gasteiger partial charge in [-0.05, 0) is 44.4 Å². The summed E-state index contributed by atoms with van der Waals surface area (Å²) in [5.74, 6) is 0.511. The number of rotatable bonds is 4. The first-order chi connectivity index (χ1) is 10.6. The first-order valence-corrected chi connectivity index (χ1v) is 8.56. The van der Waals surface area contributed by atoms with Gasteiger partial charge in [-0.15, -0.1) is 5.11 Å². The third kappa shape index (κ3) is 3.85. The Kier molecular flexibility index (Phi) is 5.93. The van der Waals surface area contributed by atoms with Gasteiger partial charge in [-0.1, -0.05) is 35.6 Å². The molecule has 2 rings (SSSR count). The van der Waals surface area contributed by atoms with Crippen LogP contribution in [-0.2, 0) is 0 Å². The van der Waals surface area contributed by atoms with E-state index in [0.717, 1.165) is 0 Å². The maximum atomic E-state index is 5.85. The Hall–Kier alpha value is -1.44. The normalized spacial score (nSPS) is 11.1. The van der Waals surface area contributed by atoms with Gasteiger partial charge in [0.2, 0.25) is 5.88 Å². The number of aryl methyl sites for hydroxylation is 1. The van der Waals surface area contributed by atoms with Gasteiger partial charge >= 0.3 is 0 Å². The van der Waals surface area contributed by atoms with Crippen LogP contribution in [0.3, 0.4) is 0 Å². The second-order valence-electron chi connectivity index (χ2n) is 4.23. The van der Waals surface area contributed by atoms with Crippen LogP contribution in [0.15, 0.2) is 34.5 Å². The van der Waals surface area contributed by atoms with E-state index in [1.807, 2.05) is 20.1 Å². The molecule has 1 aromatic carbocycles. The minimum absolute atomic E-state index is 0.492. The molecule has 1 heterocycles. The van der Waals surface area contributed by atoms with Crippen molar-refractivity contribution < 1.29 is 4.74 Å². The van der Waals surface area contributed by atoms with Crippen molar-refractivity contribution in [3.63, 3.8) is 0 Å². The van der Waals surface area contributed by atoms with E-state index >= 15 is 0 Å². The van der Waals surface area contributed by atoms with Crippen molar-refractivity contribution in [1.82, 2.24) is 9.78 Å². The lowest BCUT2D eigenvalue weighted by molar-refractivity contribution is 0.321. The number of hydrogen-bond acceptors (Lipinski definition) is 6. The Morgan fingerprint density at radius 3 is 2.64 bits per heavy atom. The minimum Gasteiger partial charge on any atom is -0.476 e. The SMILES string of the molecule is CCOc1c(N=Nc2ccc(Cl)cc2)c(C)nn1C(=S)SC. The molecule has 1 aromatic heterocycles. The molecule has 0 saturated heterocycles. The van der Waals surface area contributed by atoms with Crippen molar-refractivity contribution in [1.29, 1.82) is 0 Å². The summed E-state index contributed by atoms with van der Waals surface area (Å²) < 4.78 is 7.82. The molecule has 0 unspecified atom stereocenters. The molecule has 0 saturated carbocycles. The topological polar surface area (TPSA) is 51.8 Å². The zero-order valence-electron chi connectivity index (χ0n) is 12.4. The number of nitrogens with zero attached hydrogens (tertiary/aromatic N) is 4. The van der Waals surface area contributed by atoms with E-state index in [4.69, 9.17) is 28.6 Å². The summed E-state index contributed by atoms with van der Waals surface area (Å²) in [5, 5.41) is 13.5. The zero-order valence-corrected chi connectivity index (χ0v) is 14.8. The second-order valence-corrected chi connectivity index (χ2v) is 6.11. The Labute approximate surface area is 143 Å². The van der Waals surface area contributed by atoms with Crippen LogP contribution in [-0.4, -0.2) is 27.0 Å². The molecule has 0 aliphatic heterocycles. The summed E-state index contributed by atoms with van der Waals surface area (Å²) >= 11 is 12.6. The third-order valence-electron chi connectivity index (χ3n) is 2.71. The van der Waals surface area contributed by atoms with Crippen molar-refractivity contribution in [2.45, 2.75) is 13.8 Å². The molecule has 0 fully saturated rings. The predicted octanol–water partition coefficient (Wildman–Crippen LogP) is 5.16.